The fourth-order valence-electron chi connectivity index (χ4n) is 3.56. The summed E-state index contributed by atoms with van der Waals surface area (Å²) < 4.78 is 13.4. The maximum atomic E-state index is 13.4. The number of carbonyl (C=O) groups excluding carboxylic acids is 1. The lowest BCUT2D eigenvalue weighted by Gasteiger charge is -2.14. The molecule has 1 amide bonds. The third-order valence-corrected chi connectivity index (χ3v) is 5.32. The summed E-state index contributed by atoms with van der Waals surface area (Å²) in [4.78, 5) is 18.1. The SMILES string of the molecule is Cc1cc(C)c2nc(-c3ccc(F)cc3)cc(C(=O)Nc3cc(Cl)ccc3C)c2c1. The van der Waals surface area contributed by atoms with Crippen molar-refractivity contribution in [1.82, 2.24) is 4.98 Å². The van der Waals surface area contributed by atoms with Crippen LogP contribution < -0.4 is 5.32 Å². The van der Waals surface area contributed by atoms with Crippen molar-refractivity contribution in [2.45, 2.75) is 20.8 Å². The lowest BCUT2D eigenvalue weighted by molar-refractivity contribution is 0.102. The Kier molecular flexibility index (Phi) is 5.27. The number of aryl methyl sites for hydroxylation is 3. The number of fused-ring (bicyclic) bond motifs is 1. The highest BCUT2D eigenvalue weighted by Gasteiger charge is 2.17. The number of rotatable bonds is 3. The Morgan fingerprint density at radius 3 is 2.40 bits per heavy atom. The molecule has 1 aromatic heterocycles. The van der Waals surface area contributed by atoms with Crippen LogP contribution in [-0.4, -0.2) is 10.9 Å². The van der Waals surface area contributed by atoms with Gasteiger partial charge in [-0.2, -0.15) is 0 Å². The Morgan fingerprint density at radius 2 is 1.67 bits per heavy atom. The van der Waals surface area contributed by atoms with E-state index in [-0.39, 0.29) is 11.7 Å². The molecule has 0 radical (unpaired) electrons. The molecule has 0 saturated heterocycles. The Labute approximate surface area is 179 Å². The first kappa shape index (κ1) is 20.0. The molecule has 1 N–H and O–H groups in total. The van der Waals surface area contributed by atoms with E-state index < -0.39 is 0 Å². The molecule has 0 spiro atoms. The van der Waals surface area contributed by atoms with E-state index in [2.05, 4.69) is 5.32 Å². The summed E-state index contributed by atoms with van der Waals surface area (Å²) >= 11 is 6.11. The number of hydrogen-bond acceptors (Lipinski definition) is 2. The highest BCUT2D eigenvalue weighted by Crippen LogP contribution is 2.29. The predicted octanol–water partition coefficient (Wildman–Crippen LogP) is 6.87. The predicted molar refractivity (Wildman–Crippen MR) is 121 cm³/mol. The van der Waals surface area contributed by atoms with Gasteiger partial charge in [-0.25, -0.2) is 9.37 Å². The molecule has 150 valence electrons. The Hall–Kier alpha value is -3.24. The molecule has 0 atom stereocenters. The molecule has 0 fully saturated rings. The number of amides is 1. The van der Waals surface area contributed by atoms with E-state index in [1.807, 2.05) is 39.0 Å². The van der Waals surface area contributed by atoms with Crippen molar-refractivity contribution in [3.63, 3.8) is 0 Å². The van der Waals surface area contributed by atoms with Crippen LogP contribution in [0.5, 0.6) is 0 Å². The Bertz CT molecular complexity index is 1280. The molecule has 3 aromatic carbocycles. The maximum Gasteiger partial charge on any atom is 0.256 e. The fraction of sp³-hybridized carbons (Fsp3) is 0.120. The second-order valence-electron chi connectivity index (χ2n) is 7.45. The molecule has 3 nitrogen and oxygen atoms in total. The highest BCUT2D eigenvalue weighted by molar-refractivity contribution is 6.31. The number of pyridine rings is 1. The summed E-state index contributed by atoms with van der Waals surface area (Å²) in [5.74, 6) is -0.568. The van der Waals surface area contributed by atoms with Gasteiger partial charge in [0.25, 0.3) is 5.91 Å². The van der Waals surface area contributed by atoms with E-state index >= 15 is 0 Å². The Morgan fingerprint density at radius 1 is 0.933 bits per heavy atom. The molecule has 1 heterocycles. The van der Waals surface area contributed by atoms with Gasteiger partial charge in [0.15, 0.2) is 0 Å². The second kappa shape index (κ2) is 7.88. The van der Waals surface area contributed by atoms with E-state index in [1.165, 1.54) is 12.1 Å². The Balaban J connectivity index is 1.89. The molecular formula is C25H20ClFN2O. The topological polar surface area (TPSA) is 42.0 Å². The number of anilines is 1. The van der Waals surface area contributed by atoms with Gasteiger partial charge in [-0.15, -0.1) is 0 Å². The quantitative estimate of drug-likeness (QED) is 0.394. The lowest BCUT2D eigenvalue weighted by Crippen LogP contribution is -2.14. The third kappa shape index (κ3) is 3.91. The summed E-state index contributed by atoms with van der Waals surface area (Å²) in [6.45, 7) is 5.87. The van der Waals surface area contributed by atoms with Crippen LogP contribution in [0.3, 0.4) is 0 Å². The average molecular weight is 419 g/mol. The van der Waals surface area contributed by atoms with Crippen molar-refractivity contribution in [1.29, 1.82) is 0 Å². The van der Waals surface area contributed by atoms with Crippen LogP contribution in [0.4, 0.5) is 10.1 Å². The molecule has 0 saturated carbocycles. The third-order valence-electron chi connectivity index (χ3n) is 5.08. The van der Waals surface area contributed by atoms with Gasteiger partial charge >= 0.3 is 0 Å². The smallest absolute Gasteiger partial charge is 0.256 e. The normalized spacial score (nSPS) is 11.0. The average Bonchev–Trinajstić information content (AvgIpc) is 2.70. The van der Waals surface area contributed by atoms with Crippen LogP contribution in [0.2, 0.25) is 5.02 Å². The number of benzene rings is 3. The van der Waals surface area contributed by atoms with E-state index in [9.17, 15) is 9.18 Å². The monoisotopic (exact) mass is 418 g/mol. The first-order chi connectivity index (χ1) is 14.3. The number of nitrogens with zero attached hydrogens (tertiary/aromatic N) is 1. The van der Waals surface area contributed by atoms with Crippen LogP contribution in [-0.2, 0) is 0 Å². The summed E-state index contributed by atoms with van der Waals surface area (Å²) in [5, 5.41) is 4.30. The van der Waals surface area contributed by atoms with Gasteiger partial charge in [-0.05, 0) is 80.4 Å². The van der Waals surface area contributed by atoms with Gasteiger partial charge < -0.3 is 5.32 Å². The molecule has 0 bridgehead atoms. The summed E-state index contributed by atoms with van der Waals surface area (Å²) in [7, 11) is 0. The summed E-state index contributed by atoms with van der Waals surface area (Å²) in [6, 6.07) is 17.2. The van der Waals surface area contributed by atoms with Crippen molar-refractivity contribution in [3.8, 4) is 11.3 Å². The van der Waals surface area contributed by atoms with Gasteiger partial charge in [-0.3, -0.25) is 4.79 Å². The van der Waals surface area contributed by atoms with E-state index in [1.54, 1.807) is 30.3 Å². The van der Waals surface area contributed by atoms with E-state index in [0.717, 1.165) is 33.2 Å². The van der Waals surface area contributed by atoms with Gasteiger partial charge in [0.1, 0.15) is 5.82 Å². The maximum absolute atomic E-state index is 13.4. The van der Waals surface area contributed by atoms with Crippen molar-refractivity contribution in [3.05, 3.63) is 93.8 Å². The van der Waals surface area contributed by atoms with Crippen molar-refractivity contribution >= 4 is 34.1 Å². The van der Waals surface area contributed by atoms with Gasteiger partial charge in [0.2, 0.25) is 0 Å². The van der Waals surface area contributed by atoms with Crippen LogP contribution >= 0.6 is 11.6 Å². The van der Waals surface area contributed by atoms with E-state index in [4.69, 9.17) is 16.6 Å². The van der Waals surface area contributed by atoms with Crippen molar-refractivity contribution in [2.75, 3.05) is 5.32 Å². The van der Waals surface area contributed by atoms with Gasteiger partial charge in [0, 0.05) is 21.7 Å². The second-order valence-corrected chi connectivity index (χ2v) is 7.89. The summed E-state index contributed by atoms with van der Waals surface area (Å²) in [6.07, 6.45) is 0. The first-order valence-corrected chi connectivity index (χ1v) is 9.95. The van der Waals surface area contributed by atoms with Crippen LogP contribution in [0, 0.1) is 26.6 Å². The molecule has 5 heteroatoms. The number of carbonyl (C=O) groups is 1. The fourth-order valence-corrected chi connectivity index (χ4v) is 3.73. The van der Waals surface area contributed by atoms with Crippen molar-refractivity contribution in [2.24, 2.45) is 0 Å². The zero-order valence-electron chi connectivity index (χ0n) is 16.9. The van der Waals surface area contributed by atoms with Crippen molar-refractivity contribution < 1.29 is 9.18 Å². The van der Waals surface area contributed by atoms with Gasteiger partial charge in [0.05, 0.1) is 16.8 Å². The summed E-state index contributed by atoms with van der Waals surface area (Å²) in [5.41, 5.74) is 6.20. The lowest BCUT2D eigenvalue weighted by atomic mass is 9.99. The van der Waals surface area contributed by atoms with Gasteiger partial charge in [-0.1, -0.05) is 29.3 Å². The van der Waals surface area contributed by atoms with E-state index in [0.29, 0.717) is 22.0 Å². The van der Waals surface area contributed by atoms with Crippen LogP contribution in [0.1, 0.15) is 27.0 Å². The van der Waals surface area contributed by atoms with Crippen LogP contribution in [0.15, 0.2) is 60.7 Å². The first-order valence-electron chi connectivity index (χ1n) is 9.57. The highest BCUT2D eigenvalue weighted by atomic mass is 35.5. The molecule has 0 aliphatic heterocycles. The molecule has 4 aromatic rings. The zero-order valence-corrected chi connectivity index (χ0v) is 17.6. The van der Waals surface area contributed by atoms with Crippen LogP contribution in [0.25, 0.3) is 22.2 Å². The minimum atomic E-state index is -0.319. The minimum absolute atomic E-state index is 0.249. The number of hydrogen-bond donors (Lipinski definition) is 1. The zero-order chi connectivity index (χ0) is 21.4. The molecule has 0 unspecified atom stereocenters. The molecule has 30 heavy (non-hydrogen) atoms. The largest absolute Gasteiger partial charge is 0.322 e. The molecule has 4 rings (SSSR count). The molecule has 0 aliphatic carbocycles. The minimum Gasteiger partial charge on any atom is -0.322 e. The molecular weight excluding hydrogens is 399 g/mol. The standard InChI is InChI=1S/C25H20ClFN2O/c1-14-10-16(3)24-20(11-14)21(13-23(28-24)17-5-8-19(27)9-6-17)25(30)29-22-12-18(26)7-4-15(22)2/h4-13H,1-3H3,(H,29,30). The number of halogens is 2. The number of aromatic nitrogens is 1. The molecule has 0 aliphatic rings. The number of nitrogens with one attached hydrogen (secondary N) is 1.